The predicted octanol–water partition coefficient (Wildman–Crippen LogP) is 3.76. The first-order valence-corrected chi connectivity index (χ1v) is 7.06. The molecule has 0 atom stereocenters. The van der Waals surface area contributed by atoms with Gasteiger partial charge in [-0.15, -0.1) is 6.42 Å². The van der Waals surface area contributed by atoms with Crippen molar-refractivity contribution in [2.75, 3.05) is 0 Å². The average Bonchev–Trinajstić information content (AvgIpc) is 2.60. The lowest BCUT2D eigenvalue weighted by Crippen LogP contribution is -2.00. The van der Waals surface area contributed by atoms with Crippen LogP contribution < -0.4 is 0 Å². The molecule has 0 aliphatic carbocycles. The highest BCUT2D eigenvalue weighted by atomic mass is 14.7. The van der Waals surface area contributed by atoms with Crippen LogP contribution in [0.2, 0.25) is 0 Å². The number of hydrogen-bond acceptors (Lipinski definition) is 3. The van der Waals surface area contributed by atoms with E-state index in [9.17, 15) is 0 Å². The summed E-state index contributed by atoms with van der Waals surface area (Å²) >= 11 is 0. The molecule has 0 unspecified atom stereocenters. The standard InChI is InChI=1S/C20H13N3/c1-3-4-8-18(21)19-13-14(2)16-6-5-7-17(20(16)23-19)15-9-11-22-12-10-15/h1,4,7-13,21H,2H3/b8-4-,21-18?. The van der Waals surface area contributed by atoms with Crippen LogP contribution in [0.3, 0.4) is 0 Å². The van der Waals surface area contributed by atoms with Crippen LogP contribution in [0.4, 0.5) is 0 Å². The van der Waals surface area contributed by atoms with E-state index in [-0.39, 0.29) is 5.71 Å². The van der Waals surface area contributed by atoms with Crippen molar-refractivity contribution < 1.29 is 0 Å². The third-order valence-electron chi connectivity index (χ3n) is 3.50. The number of nitrogens with zero attached hydrogens (tertiary/aromatic N) is 2. The molecule has 0 aliphatic heterocycles. The fourth-order valence-electron chi connectivity index (χ4n) is 2.38. The molecule has 0 amide bonds. The van der Waals surface area contributed by atoms with Crippen LogP contribution in [0.5, 0.6) is 0 Å². The highest BCUT2D eigenvalue weighted by Crippen LogP contribution is 2.27. The van der Waals surface area contributed by atoms with Crippen LogP contribution >= 0.6 is 0 Å². The smallest absolute Gasteiger partial charge is 0.0890 e. The molecule has 0 spiro atoms. The Kier molecular flexibility index (Phi) is 3.87. The molecule has 0 saturated heterocycles. The van der Waals surface area contributed by atoms with E-state index < -0.39 is 0 Å². The molecular formula is C20H13N3. The van der Waals surface area contributed by atoms with Gasteiger partial charge in [-0.25, -0.2) is 4.98 Å². The van der Waals surface area contributed by atoms with Crippen LogP contribution in [0.1, 0.15) is 11.3 Å². The van der Waals surface area contributed by atoms with Crippen LogP contribution in [-0.4, -0.2) is 15.7 Å². The Balaban J connectivity index is 2.24. The lowest BCUT2D eigenvalue weighted by atomic mass is 10.0. The Morgan fingerprint density at radius 2 is 2.13 bits per heavy atom. The SMILES string of the molecule is C#C/C=C\C(=N)c1cc(C)c2c#ccc(-c3ccncc3)c2n1. The second kappa shape index (κ2) is 6.13. The highest BCUT2D eigenvalue weighted by molar-refractivity contribution is 6.07. The molecule has 1 aromatic carbocycles. The highest BCUT2D eigenvalue weighted by Gasteiger charge is 2.10. The van der Waals surface area contributed by atoms with Crippen LogP contribution in [-0.2, 0) is 0 Å². The van der Waals surface area contributed by atoms with Crippen molar-refractivity contribution in [3.63, 3.8) is 0 Å². The molecule has 3 nitrogen and oxygen atoms in total. The zero-order valence-electron chi connectivity index (χ0n) is 12.6. The topological polar surface area (TPSA) is 49.6 Å². The number of pyridine rings is 2. The van der Waals surface area contributed by atoms with E-state index in [1.54, 1.807) is 18.5 Å². The maximum Gasteiger partial charge on any atom is 0.0890 e. The Hall–Kier alpha value is -3.43. The lowest BCUT2D eigenvalue weighted by molar-refractivity contribution is 1.30. The fraction of sp³-hybridized carbons (Fsp3) is 0.0500. The number of aromatic nitrogens is 2. The van der Waals surface area contributed by atoms with Gasteiger partial charge in [0.25, 0.3) is 0 Å². The van der Waals surface area contributed by atoms with E-state index in [1.165, 1.54) is 6.08 Å². The maximum absolute atomic E-state index is 8.11. The summed E-state index contributed by atoms with van der Waals surface area (Å²) in [7, 11) is 0. The largest absolute Gasteiger partial charge is 0.299 e. The van der Waals surface area contributed by atoms with E-state index in [0.717, 1.165) is 27.6 Å². The van der Waals surface area contributed by atoms with Crippen molar-refractivity contribution in [1.29, 1.82) is 5.41 Å². The number of nitrogens with one attached hydrogen (secondary N) is 1. The molecular weight excluding hydrogens is 282 g/mol. The quantitative estimate of drug-likeness (QED) is 0.591. The zero-order valence-corrected chi connectivity index (χ0v) is 12.6. The van der Waals surface area contributed by atoms with Crippen molar-refractivity contribution in [3.8, 4) is 23.5 Å². The number of fused-ring (bicyclic) bond motifs is 1. The number of aryl methyl sites for hydroxylation is 1. The minimum absolute atomic E-state index is 0.279. The second-order valence-corrected chi connectivity index (χ2v) is 5.02. The zero-order chi connectivity index (χ0) is 16.2. The molecule has 2 heterocycles. The van der Waals surface area contributed by atoms with Crippen LogP contribution in [0.15, 0.2) is 48.8 Å². The Bertz CT molecular complexity index is 948. The Morgan fingerprint density at radius 3 is 2.87 bits per heavy atom. The molecule has 3 aromatic rings. The molecule has 108 valence electrons. The number of hydrogen-bond donors (Lipinski definition) is 1. The first-order valence-electron chi connectivity index (χ1n) is 7.06. The molecule has 0 saturated carbocycles. The summed E-state index contributed by atoms with van der Waals surface area (Å²) < 4.78 is 0. The van der Waals surface area contributed by atoms with Crippen LogP contribution in [0.25, 0.3) is 22.0 Å². The molecule has 3 heteroatoms. The third-order valence-corrected chi connectivity index (χ3v) is 3.50. The first-order chi connectivity index (χ1) is 11.2. The van der Waals surface area contributed by atoms with E-state index in [2.05, 4.69) is 28.0 Å². The minimum atomic E-state index is 0.279. The average molecular weight is 295 g/mol. The van der Waals surface area contributed by atoms with Crippen molar-refractivity contribution in [2.24, 2.45) is 0 Å². The summed E-state index contributed by atoms with van der Waals surface area (Å²) in [6, 6.07) is 13.7. The second-order valence-electron chi connectivity index (χ2n) is 5.02. The summed E-state index contributed by atoms with van der Waals surface area (Å²) in [4.78, 5) is 8.70. The van der Waals surface area contributed by atoms with Gasteiger partial charge in [-0.05, 0) is 54.5 Å². The number of allylic oxidation sites excluding steroid dienone is 2. The van der Waals surface area contributed by atoms with Crippen molar-refractivity contribution in [1.82, 2.24) is 9.97 Å². The molecule has 3 rings (SSSR count). The van der Waals surface area contributed by atoms with Gasteiger partial charge in [0.05, 0.1) is 22.3 Å². The minimum Gasteiger partial charge on any atom is -0.299 e. The third kappa shape index (κ3) is 2.81. The molecule has 0 fully saturated rings. The van der Waals surface area contributed by atoms with E-state index in [0.29, 0.717) is 5.69 Å². The van der Waals surface area contributed by atoms with Gasteiger partial charge in [0.15, 0.2) is 0 Å². The van der Waals surface area contributed by atoms with Gasteiger partial charge in [0.2, 0.25) is 0 Å². The number of terminal acetylenes is 1. The molecule has 0 aliphatic rings. The summed E-state index contributed by atoms with van der Waals surface area (Å²) in [5.41, 5.74) is 4.60. The summed E-state index contributed by atoms with van der Waals surface area (Å²) in [6.07, 6.45) is 11.8. The Labute approximate surface area is 135 Å². The van der Waals surface area contributed by atoms with Crippen molar-refractivity contribution in [2.45, 2.75) is 6.92 Å². The maximum atomic E-state index is 8.11. The van der Waals surface area contributed by atoms with Gasteiger partial charge in [-0.3, -0.25) is 10.4 Å². The summed E-state index contributed by atoms with van der Waals surface area (Å²) in [6.45, 7) is 1.98. The normalized spacial score (nSPS) is 10.4. The van der Waals surface area contributed by atoms with E-state index in [4.69, 9.17) is 11.8 Å². The van der Waals surface area contributed by atoms with Crippen LogP contribution in [0, 0.1) is 36.8 Å². The first kappa shape index (κ1) is 14.5. The monoisotopic (exact) mass is 295 g/mol. The van der Waals surface area contributed by atoms with E-state index >= 15 is 0 Å². The summed E-state index contributed by atoms with van der Waals surface area (Å²) in [5.74, 6) is 2.39. The van der Waals surface area contributed by atoms with Gasteiger partial charge in [0.1, 0.15) is 0 Å². The lowest BCUT2D eigenvalue weighted by Gasteiger charge is -2.08. The van der Waals surface area contributed by atoms with Gasteiger partial charge in [-0.1, -0.05) is 18.1 Å². The fourth-order valence-corrected chi connectivity index (χ4v) is 2.38. The number of rotatable bonds is 3. The molecule has 0 radical (unpaired) electrons. The van der Waals surface area contributed by atoms with Gasteiger partial charge < -0.3 is 0 Å². The Morgan fingerprint density at radius 1 is 1.35 bits per heavy atom. The van der Waals surface area contributed by atoms with Crippen molar-refractivity contribution >= 4 is 16.6 Å². The molecule has 0 bridgehead atoms. The van der Waals surface area contributed by atoms with Gasteiger partial charge >= 0.3 is 0 Å². The van der Waals surface area contributed by atoms with Gasteiger partial charge in [-0.2, -0.15) is 0 Å². The van der Waals surface area contributed by atoms with Gasteiger partial charge in [0, 0.05) is 18.0 Å². The summed E-state index contributed by atoms with van der Waals surface area (Å²) in [5, 5.41) is 9.01. The molecule has 23 heavy (non-hydrogen) atoms. The molecule has 1 N–H and O–H groups in total. The molecule has 2 aromatic heterocycles. The van der Waals surface area contributed by atoms with Crippen molar-refractivity contribution in [3.05, 3.63) is 72.2 Å². The predicted molar refractivity (Wildman–Crippen MR) is 92.2 cm³/mol. The van der Waals surface area contributed by atoms with E-state index in [1.807, 2.05) is 31.2 Å².